The first kappa shape index (κ1) is 29.7. The van der Waals surface area contributed by atoms with Crippen LogP contribution in [0, 0.1) is 11.3 Å². The van der Waals surface area contributed by atoms with Gasteiger partial charge in [-0.3, -0.25) is 0 Å². The van der Waals surface area contributed by atoms with E-state index in [0.717, 1.165) is 66.8 Å². The molecule has 0 amide bonds. The predicted octanol–water partition coefficient (Wildman–Crippen LogP) is 12.8. The molecule has 2 aromatic heterocycles. The van der Waals surface area contributed by atoms with Crippen molar-refractivity contribution in [2.24, 2.45) is 0 Å². The molecule has 10 rings (SSSR count). The van der Waals surface area contributed by atoms with Crippen molar-refractivity contribution in [3.63, 3.8) is 0 Å². The Bertz CT molecular complexity index is 2710. The van der Waals surface area contributed by atoms with Crippen LogP contribution in [0.15, 0.2) is 188 Å². The summed E-state index contributed by atoms with van der Waals surface area (Å²) in [5.41, 5.74) is 12.8. The first-order valence-electron chi connectivity index (χ1n) is 17.6. The molecule has 2 heterocycles. The minimum atomic E-state index is 0.630. The van der Waals surface area contributed by atoms with Gasteiger partial charge in [-0.15, -0.1) is 0 Å². The Morgan fingerprint density at radius 3 is 0.885 bits per heavy atom. The molecule has 0 spiro atoms. The molecular formula is C49H31N3. The van der Waals surface area contributed by atoms with Crippen molar-refractivity contribution in [3.05, 3.63) is 194 Å². The molecule has 0 radical (unpaired) electrons. The zero-order valence-corrected chi connectivity index (χ0v) is 28.2. The molecule has 8 aromatic carbocycles. The van der Waals surface area contributed by atoms with Crippen LogP contribution < -0.4 is 0 Å². The number of nitrogens with zero attached hydrogens (tertiary/aromatic N) is 3. The number of benzene rings is 8. The Morgan fingerprint density at radius 2 is 0.577 bits per heavy atom. The van der Waals surface area contributed by atoms with Crippen LogP contribution in [0.5, 0.6) is 0 Å². The normalized spacial score (nSPS) is 11.4. The van der Waals surface area contributed by atoms with Gasteiger partial charge in [-0.25, -0.2) is 0 Å². The highest BCUT2D eigenvalue weighted by atomic mass is 15.0. The maximum Gasteiger partial charge on any atom is 0.101 e. The third-order valence-corrected chi connectivity index (χ3v) is 10.4. The van der Waals surface area contributed by atoms with E-state index in [0.29, 0.717) is 5.56 Å². The fourth-order valence-corrected chi connectivity index (χ4v) is 8.26. The van der Waals surface area contributed by atoms with Gasteiger partial charge in [0.15, 0.2) is 0 Å². The number of aromatic nitrogens is 2. The van der Waals surface area contributed by atoms with Gasteiger partial charge in [0.1, 0.15) is 6.07 Å². The molecule has 0 aliphatic heterocycles. The SMILES string of the molecule is N#Cc1c(-c2ccccc2)c(-n2c3ccccc3c3ccccc32)c(-c2ccccc2)c(-n2c3ccccc3c3ccccc32)c1-c1ccccc1. The van der Waals surface area contributed by atoms with E-state index in [-0.39, 0.29) is 0 Å². The number of hydrogen-bond acceptors (Lipinski definition) is 1. The quantitative estimate of drug-likeness (QED) is 0.181. The van der Waals surface area contributed by atoms with Crippen molar-refractivity contribution in [3.8, 4) is 50.8 Å². The van der Waals surface area contributed by atoms with Gasteiger partial charge in [0, 0.05) is 38.2 Å². The van der Waals surface area contributed by atoms with Crippen LogP contribution in [0.4, 0.5) is 0 Å². The van der Waals surface area contributed by atoms with E-state index in [2.05, 4.69) is 191 Å². The summed E-state index contributed by atoms with van der Waals surface area (Å²) in [4.78, 5) is 0. The second-order valence-corrected chi connectivity index (χ2v) is 13.1. The third-order valence-electron chi connectivity index (χ3n) is 10.4. The smallest absolute Gasteiger partial charge is 0.101 e. The monoisotopic (exact) mass is 661 g/mol. The van der Waals surface area contributed by atoms with Gasteiger partial charge in [0.2, 0.25) is 0 Å². The molecule has 10 aromatic rings. The predicted molar refractivity (Wildman–Crippen MR) is 216 cm³/mol. The second kappa shape index (κ2) is 12.0. The lowest BCUT2D eigenvalue weighted by molar-refractivity contribution is 1.14. The largest absolute Gasteiger partial charge is 0.308 e. The average molecular weight is 662 g/mol. The molecule has 3 nitrogen and oxygen atoms in total. The topological polar surface area (TPSA) is 33.6 Å². The zero-order chi connectivity index (χ0) is 34.6. The maximum atomic E-state index is 11.6. The summed E-state index contributed by atoms with van der Waals surface area (Å²) in [6, 6.07) is 68.9. The molecule has 0 atom stereocenters. The van der Waals surface area contributed by atoms with Crippen molar-refractivity contribution < 1.29 is 0 Å². The molecule has 0 bridgehead atoms. The summed E-state index contributed by atoms with van der Waals surface area (Å²) in [5.74, 6) is 0. The number of hydrogen-bond donors (Lipinski definition) is 0. The maximum absolute atomic E-state index is 11.6. The van der Waals surface area contributed by atoms with E-state index >= 15 is 0 Å². The van der Waals surface area contributed by atoms with Gasteiger partial charge < -0.3 is 9.13 Å². The van der Waals surface area contributed by atoms with Gasteiger partial charge in [0.25, 0.3) is 0 Å². The lowest BCUT2D eigenvalue weighted by atomic mass is 9.83. The van der Waals surface area contributed by atoms with Crippen molar-refractivity contribution in [2.45, 2.75) is 0 Å². The highest BCUT2D eigenvalue weighted by molar-refractivity contribution is 6.15. The first-order chi connectivity index (χ1) is 25.8. The molecular weight excluding hydrogens is 631 g/mol. The Hall–Kier alpha value is -7.15. The molecule has 3 heteroatoms. The van der Waals surface area contributed by atoms with Gasteiger partial charge in [-0.05, 0) is 41.0 Å². The van der Waals surface area contributed by atoms with E-state index in [1.165, 1.54) is 21.5 Å². The van der Waals surface area contributed by atoms with Crippen molar-refractivity contribution >= 4 is 43.6 Å². The fraction of sp³-hybridized carbons (Fsp3) is 0. The Balaban J connectivity index is 1.56. The van der Waals surface area contributed by atoms with Crippen LogP contribution >= 0.6 is 0 Å². The Labute approximate surface area is 301 Å². The summed E-state index contributed by atoms with van der Waals surface area (Å²) >= 11 is 0. The fourth-order valence-electron chi connectivity index (χ4n) is 8.26. The minimum Gasteiger partial charge on any atom is -0.308 e. The minimum absolute atomic E-state index is 0.630. The number of fused-ring (bicyclic) bond motifs is 6. The van der Waals surface area contributed by atoms with Gasteiger partial charge in [-0.2, -0.15) is 5.26 Å². The highest BCUT2D eigenvalue weighted by Gasteiger charge is 2.31. The van der Waals surface area contributed by atoms with Crippen LogP contribution in [0.3, 0.4) is 0 Å². The van der Waals surface area contributed by atoms with Gasteiger partial charge in [-0.1, -0.05) is 164 Å². The summed E-state index contributed by atoms with van der Waals surface area (Å²) in [7, 11) is 0. The summed E-state index contributed by atoms with van der Waals surface area (Å²) in [6.07, 6.45) is 0. The van der Waals surface area contributed by atoms with Crippen LogP contribution in [-0.2, 0) is 0 Å². The van der Waals surface area contributed by atoms with Crippen LogP contribution in [-0.4, -0.2) is 9.13 Å². The van der Waals surface area contributed by atoms with E-state index in [1.54, 1.807) is 0 Å². The van der Waals surface area contributed by atoms with Crippen molar-refractivity contribution in [1.29, 1.82) is 5.26 Å². The number of nitriles is 1. The molecule has 242 valence electrons. The van der Waals surface area contributed by atoms with Gasteiger partial charge in [0.05, 0.1) is 39.0 Å². The van der Waals surface area contributed by atoms with Crippen molar-refractivity contribution in [1.82, 2.24) is 9.13 Å². The molecule has 0 N–H and O–H groups in total. The number of rotatable bonds is 5. The highest BCUT2D eigenvalue weighted by Crippen LogP contribution is 2.51. The molecule has 0 aliphatic rings. The Kier molecular flexibility index (Phi) is 6.87. The van der Waals surface area contributed by atoms with E-state index < -0.39 is 0 Å². The lowest BCUT2D eigenvalue weighted by Crippen LogP contribution is -2.10. The van der Waals surface area contributed by atoms with Crippen molar-refractivity contribution in [2.75, 3.05) is 0 Å². The Morgan fingerprint density at radius 1 is 0.308 bits per heavy atom. The molecule has 0 saturated heterocycles. The van der Waals surface area contributed by atoms with E-state index in [1.807, 2.05) is 12.1 Å². The standard InChI is InChI=1S/C49H31N3/c50-32-40-45(33-18-4-1-5-19-33)48(51-41-28-14-10-24-36(41)37-25-11-15-29-42(37)51)47(35-22-8-3-9-23-35)49(46(40)34-20-6-2-7-21-34)52-43-30-16-12-26-38(43)39-27-13-17-31-44(39)52/h1-31H. The summed E-state index contributed by atoms with van der Waals surface area (Å²) in [5, 5.41) is 16.3. The lowest BCUT2D eigenvalue weighted by Gasteiger charge is -2.28. The molecule has 0 aliphatic carbocycles. The molecule has 52 heavy (non-hydrogen) atoms. The van der Waals surface area contributed by atoms with Crippen LogP contribution in [0.25, 0.3) is 88.4 Å². The molecule has 0 saturated carbocycles. The van der Waals surface area contributed by atoms with Gasteiger partial charge >= 0.3 is 0 Å². The second-order valence-electron chi connectivity index (χ2n) is 13.1. The van der Waals surface area contributed by atoms with E-state index in [9.17, 15) is 5.26 Å². The molecule has 0 unspecified atom stereocenters. The zero-order valence-electron chi connectivity index (χ0n) is 28.2. The number of para-hydroxylation sites is 4. The third kappa shape index (κ3) is 4.38. The van der Waals surface area contributed by atoms with Crippen LogP contribution in [0.2, 0.25) is 0 Å². The molecule has 0 fully saturated rings. The average Bonchev–Trinajstić information content (AvgIpc) is 3.73. The summed E-state index contributed by atoms with van der Waals surface area (Å²) < 4.78 is 4.81. The van der Waals surface area contributed by atoms with E-state index in [4.69, 9.17) is 0 Å². The first-order valence-corrected chi connectivity index (χ1v) is 17.6. The summed E-state index contributed by atoms with van der Waals surface area (Å²) in [6.45, 7) is 0. The van der Waals surface area contributed by atoms with Crippen LogP contribution in [0.1, 0.15) is 5.56 Å².